The van der Waals surface area contributed by atoms with Gasteiger partial charge in [0.25, 0.3) is 0 Å². The van der Waals surface area contributed by atoms with Crippen LogP contribution in [0.25, 0.3) is 0 Å². The molecule has 2 aliphatic heterocycles. The van der Waals surface area contributed by atoms with E-state index in [0.717, 1.165) is 5.56 Å². The van der Waals surface area contributed by atoms with Crippen LogP contribution in [0.2, 0.25) is 0 Å². The number of benzene rings is 1. The SMILES string of the molecule is C[C@H]1[C@@H](c2ccccc2)N(CC=CC2CCS(=O)(=O)CC2)C(=O)N1C. The number of nitrogens with zero attached hydrogens (tertiary/aromatic N) is 2. The fourth-order valence-electron chi connectivity index (χ4n) is 3.74. The van der Waals surface area contributed by atoms with Gasteiger partial charge in [-0.1, -0.05) is 42.5 Å². The second-order valence-electron chi connectivity index (χ2n) is 7.06. The van der Waals surface area contributed by atoms with Gasteiger partial charge in [-0.2, -0.15) is 0 Å². The molecule has 0 aliphatic carbocycles. The fourth-order valence-corrected chi connectivity index (χ4v) is 5.26. The molecule has 2 atom stereocenters. The van der Waals surface area contributed by atoms with E-state index in [-0.39, 0.29) is 29.6 Å². The molecule has 2 saturated heterocycles. The Balaban J connectivity index is 1.69. The zero-order chi connectivity index (χ0) is 18.0. The van der Waals surface area contributed by atoms with Crippen molar-refractivity contribution in [1.82, 2.24) is 9.80 Å². The second kappa shape index (κ2) is 7.20. The topological polar surface area (TPSA) is 57.7 Å². The molecule has 1 aromatic carbocycles. The summed E-state index contributed by atoms with van der Waals surface area (Å²) in [5.41, 5.74) is 1.14. The second-order valence-corrected chi connectivity index (χ2v) is 9.36. The Labute approximate surface area is 150 Å². The average molecular weight is 362 g/mol. The van der Waals surface area contributed by atoms with E-state index in [1.165, 1.54) is 0 Å². The molecule has 2 aliphatic rings. The van der Waals surface area contributed by atoms with Gasteiger partial charge in [-0.05, 0) is 31.2 Å². The van der Waals surface area contributed by atoms with Gasteiger partial charge >= 0.3 is 6.03 Å². The smallest absolute Gasteiger partial charge is 0.320 e. The minimum atomic E-state index is -2.83. The van der Waals surface area contributed by atoms with Gasteiger partial charge in [-0.3, -0.25) is 0 Å². The van der Waals surface area contributed by atoms with E-state index in [4.69, 9.17) is 0 Å². The van der Waals surface area contributed by atoms with Gasteiger partial charge < -0.3 is 9.80 Å². The Morgan fingerprint density at radius 3 is 2.44 bits per heavy atom. The van der Waals surface area contributed by atoms with Gasteiger partial charge in [0.1, 0.15) is 9.84 Å². The molecule has 2 amide bonds. The summed E-state index contributed by atoms with van der Waals surface area (Å²) in [4.78, 5) is 16.3. The number of allylic oxidation sites excluding steroid dienone is 1. The third-order valence-corrected chi connectivity index (χ3v) is 7.12. The summed E-state index contributed by atoms with van der Waals surface area (Å²) < 4.78 is 23.0. The highest BCUT2D eigenvalue weighted by atomic mass is 32.2. The maximum absolute atomic E-state index is 12.6. The van der Waals surface area contributed by atoms with Crippen molar-refractivity contribution in [3.05, 3.63) is 48.0 Å². The van der Waals surface area contributed by atoms with Crippen LogP contribution in [0.1, 0.15) is 31.4 Å². The maximum atomic E-state index is 12.6. The van der Waals surface area contributed by atoms with E-state index >= 15 is 0 Å². The van der Waals surface area contributed by atoms with Crippen LogP contribution in [-0.4, -0.2) is 55.4 Å². The van der Waals surface area contributed by atoms with Crippen LogP contribution in [0.5, 0.6) is 0 Å². The quantitative estimate of drug-likeness (QED) is 0.774. The van der Waals surface area contributed by atoms with Crippen molar-refractivity contribution in [3.63, 3.8) is 0 Å². The summed E-state index contributed by atoms with van der Waals surface area (Å²) in [6, 6.07) is 10.3. The van der Waals surface area contributed by atoms with Crippen molar-refractivity contribution in [3.8, 4) is 0 Å². The summed E-state index contributed by atoms with van der Waals surface area (Å²) >= 11 is 0. The van der Waals surface area contributed by atoms with E-state index in [9.17, 15) is 13.2 Å². The molecule has 0 bridgehead atoms. The number of hydrogen-bond donors (Lipinski definition) is 0. The Kier molecular flexibility index (Phi) is 5.18. The molecule has 136 valence electrons. The summed E-state index contributed by atoms with van der Waals surface area (Å²) in [5.74, 6) is 0.847. The molecule has 0 spiro atoms. The molecule has 6 heteroatoms. The normalized spacial score (nSPS) is 27.4. The highest BCUT2D eigenvalue weighted by Gasteiger charge is 2.41. The van der Waals surface area contributed by atoms with E-state index < -0.39 is 9.84 Å². The molecule has 5 nitrogen and oxygen atoms in total. The fraction of sp³-hybridized carbons (Fsp3) is 0.526. The lowest BCUT2D eigenvalue weighted by molar-refractivity contribution is 0.195. The molecule has 0 N–H and O–H groups in total. The highest BCUT2D eigenvalue weighted by molar-refractivity contribution is 7.91. The minimum Gasteiger partial charge on any atom is -0.323 e. The van der Waals surface area contributed by atoms with Crippen molar-refractivity contribution in [1.29, 1.82) is 0 Å². The molecule has 0 saturated carbocycles. The lowest BCUT2D eigenvalue weighted by atomic mass is 10.00. The third kappa shape index (κ3) is 3.89. The molecule has 2 heterocycles. The van der Waals surface area contributed by atoms with E-state index in [1.54, 1.807) is 4.90 Å². The largest absolute Gasteiger partial charge is 0.323 e. The summed E-state index contributed by atoms with van der Waals surface area (Å²) in [6.45, 7) is 2.63. The minimum absolute atomic E-state index is 0.0371. The predicted molar refractivity (Wildman–Crippen MR) is 99.0 cm³/mol. The molecule has 2 fully saturated rings. The standard InChI is InChI=1S/C19H26N2O3S/c1-15-18(17-8-4-3-5-9-17)21(19(22)20(15)2)12-6-7-16-10-13-25(23,24)14-11-16/h3-9,15-16,18H,10-14H2,1-2H3/t15-,18-/m0/s1. The van der Waals surface area contributed by atoms with Crippen molar-refractivity contribution < 1.29 is 13.2 Å². The number of amides is 2. The number of carbonyl (C=O) groups is 1. The predicted octanol–water partition coefficient (Wildman–Crippen LogP) is 2.86. The maximum Gasteiger partial charge on any atom is 0.320 e. The van der Waals surface area contributed by atoms with Gasteiger partial charge in [0.2, 0.25) is 0 Å². The Morgan fingerprint density at radius 1 is 1.16 bits per heavy atom. The van der Waals surface area contributed by atoms with E-state index in [0.29, 0.717) is 25.3 Å². The van der Waals surface area contributed by atoms with Gasteiger partial charge in [0, 0.05) is 13.6 Å². The Bertz CT molecular complexity index is 731. The molecular weight excluding hydrogens is 336 g/mol. The van der Waals surface area contributed by atoms with E-state index in [1.807, 2.05) is 36.2 Å². The van der Waals surface area contributed by atoms with E-state index in [2.05, 4.69) is 25.1 Å². The molecule has 0 radical (unpaired) electrons. The molecule has 3 rings (SSSR count). The van der Waals surface area contributed by atoms with Crippen LogP contribution in [0.15, 0.2) is 42.5 Å². The van der Waals surface area contributed by atoms with Crippen molar-refractivity contribution in [2.24, 2.45) is 5.92 Å². The lowest BCUT2D eigenvalue weighted by Crippen LogP contribution is -2.31. The van der Waals surface area contributed by atoms with Gasteiger partial charge in [0.05, 0.1) is 23.6 Å². The number of sulfone groups is 1. The molecule has 0 unspecified atom stereocenters. The number of carbonyl (C=O) groups excluding carboxylic acids is 1. The zero-order valence-electron chi connectivity index (χ0n) is 14.8. The van der Waals surface area contributed by atoms with Gasteiger partial charge in [-0.25, -0.2) is 13.2 Å². The summed E-state index contributed by atoms with van der Waals surface area (Å²) in [7, 11) is -0.984. The zero-order valence-corrected chi connectivity index (χ0v) is 15.7. The molecule has 25 heavy (non-hydrogen) atoms. The van der Waals surface area contributed by atoms with Gasteiger partial charge in [-0.15, -0.1) is 0 Å². The van der Waals surface area contributed by atoms with Crippen LogP contribution in [0, 0.1) is 5.92 Å². The van der Waals surface area contributed by atoms with Crippen LogP contribution >= 0.6 is 0 Å². The van der Waals surface area contributed by atoms with Gasteiger partial charge in [0.15, 0.2) is 0 Å². The lowest BCUT2D eigenvalue weighted by Gasteiger charge is -2.25. The van der Waals surface area contributed by atoms with Crippen molar-refractivity contribution >= 4 is 15.9 Å². The number of likely N-dealkylation sites (N-methyl/N-ethyl adjacent to an activating group) is 1. The van der Waals surface area contributed by atoms with Crippen LogP contribution in [-0.2, 0) is 9.84 Å². The van der Waals surface area contributed by atoms with Crippen molar-refractivity contribution in [2.75, 3.05) is 25.1 Å². The number of rotatable bonds is 4. The Morgan fingerprint density at radius 2 is 1.80 bits per heavy atom. The Hall–Kier alpha value is -1.82. The molecular formula is C19H26N2O3S. The first-order valence-electron chi connectivity index (χ1n) is 8.84. The average Bonchev–Trinajstić information content (AvgIpc) is 2.81. The monoisotopic (exact) mass is 362 g/mol. The first-order chi connectivity index (χ1) is 11.9. The summed E-state index contributed by atoms with van der Waals surface area (Å²) in [5, 5.41) is 0. The van der Waals surface area contributed by atoms with Crippen LogP contribution in [0.4, 0.5) is 4.79 Å². The molecule has 0 aromatic heterocycles. The first-order valence-corrected chi connectivity index (χ1v) is 10.7. The number of urea groups is 1. The number of hydrogen-bond acceptors (Lipinski definition) is 3. The third-order valence-electron chi connectivity index (χ3n) is 5.40. The highest BCUT2D eigenvalue weighted by Crippen LogP contribution is 2.34. The first kappa shape index (κ1) is 18.0. The summed E-state index contributed by atoms with van der Waals surface area (Å²) in [6.07, 6.45) is 5.49. The molecule has 1 aromatic rings. The van der Waals surface area contributed by atoms with Crippen LogP contribution in [0.3, 0.4) is 0 Å². The van der Waals surface area contributed by atoms with Crippen LogP contribution < -0.4 is 0 Å². The van der Waals surface area contributed by atoms with Crippen molar-refractivity contribution in [2.45, 2.75) is 31.8 Å².